The highest BCUT2D eigenvalue weighted by molar-refractivity contribution is 7.22. The van der Waals surface area contributed by atoms with E-state index in [0.717, 1.165) is 53.8 Å². The molecule has 168 valence electrons. The Hall–Kier alpha value is -3.24. The van der Waals surface area contributed by atoms with E-state index in [1.54, 1.807) is 36.4 Å². The minimum absolute atomic E-state index is 0.0877. The van der Waals surface area contributed by atoms with Gasteiger partial charge in [0.2, 0.25) is 0 Å². The number of aromatic nitrogens is 1. The summed E-state index contributed by atoms with van der Waals surface area (Å²) in [6, 6.07) is 11.9. The van der Waals surface area contributed by atoms with Crippen molar-refractivity contribution in [1.29, 1.82) is 0 Å². The lowest BCUT2D eigenvalue weighted by molar-refractivity contribution is -0.384. The molecule has 9 nitrogen and oxygen atoms in total. The summed E-state index contributed by atoms with van der Waals surface area (Å²) < 4.78 is 6.23. The summed E-state index contributed by atoms with van der Waals surface area (Å²) in [6.07, 6.45) is 0. The largest absolute Gasteiger partial charge is 0.494 e. The first-order valence-electron chi connectivity index (χ1n) is 10.6. The number of amides is 1. The molecule has 10 heteroatoms. The Morgan fingerprint density at radius 2 is 1.94 bits per heavy atom. The van der Waals surface area contributed by atoms with E-state index in [2.05, 4.69) is 20.1 Å². The molecule has 1 aliphatic heterocycles. The summed E-state index contributed by atoms with van der Waals surface area (Å²) in [5.74, 6) is 0.670. The van der Waals surface area contributed by atoms with Gasteiger partial charge in [-0.15, -0.1) is 0 Å². The molecule has 0 bridgehead atoms. The zero-order valence-corrected chi connectivity index (χ0v) is 18.6. The quantitative estimate of drug-likeness (QED) is 0.411. The molecule has 0 aliphatic carbocycles. The number of fused-ring (bicyclic) bond motifs is 1. The fourth-order valence-corrected chi connectivity index (χ4v) is 4.66. The van der Waals surface area contributed by atoms with Crippen molar-refractivity contribution in [1.82, 2.24) is 15.2 Å². The molecule has 32 heavy (non-hydrogen) atoms. The first-order valence-corrected chi connectivity index (χ1v) is 11.4. The number of nitrogens with one attached hydrogen (secondary N) is 1. The molecule has 1 aromatic heterocycles. The molecule has 2 aromatic carbocycles. The van der Waals surface area contributed by atoms with Gasteiger partial charge in [-0.3, -0.25) is 19.8 Å². The van der Waals surface area contributed by atoms with E-state index in [1.165, 1.54) is 17.4 Å². The maximum atomic E-state index is 12.3. The van der Waals surface area contributed by atoms with Gasteiger partial charge < -0.3 is 15.0 Å². The monoisotopic (exact) mass is 455 g/mol. The molecule has 0 spiro atoms. The van der Waals surface area contributed by atoms with Crippen LogP contribution < -0.4 is 15.0 Å². The van der Waals surface area contributed by atoms with Crippen LogP contribution in [0.5, 0.6) is 5.75 Å². The van der Waals surface area contributed by atoms with Crippen LogP contribution in [0, 0.1) is 10.1 Å². The SMILES string of the molecule is CCOc1ccc(C(=O)NCCN2CCN(c3nc4ccc([N+](=O)[O-])cc4s3)CC2)cc1. The maximum absolute atomic E-state index is 12.3. The van der Waals surface area contributed by atoms with Gasteiger partial charge in [0.05, 0.1) is 21.7 Å². The second-order valence-electron chi connectivity index (χ2n) is 7.45. The second-order valence-corrected chi connectivity index (χ2v) is 8.46. The van der Waals surface area contributed by atoms with E-state index in [-0.39, 0.29) is 16.5 Å². The van der Waals surface area contributed by atoms with Gasteiger partial charge in [0, 0.05) is 57.0 Å². The molecule has 0 saturated carbocycles. The van der Waals surface area contributed by atoms with Crippen LogP contribution in [0.4, 0.5) is 10.8 Å². The molecule has 2 heterocycles. The number of non-ortho nitro benzene ring substituents is 1. The predicted octanol–water partition coefficient (Wildman–Crippen LogP) is 3.16. The van der Waals surface area contributed by atoms with Crippen molar-refractivity contribution < 1.29 is 14.5 Å². The van der Waals surface area contributed by atoms with Gasteiger partial charge in [0.15, 0.2) is 5.13 Å². The van der Waals surface area contributed by atoms with Crippen LogP contribution in [0.15, 0.2) is 42.5 Å². The Balaban J connectivity index is 1.24. The van der Waals surface area contributed by atoms with Crippen molar-refractivity contribution >= 4 is 38.3 Å². The molecule has 1 fully saturated rings. The summed E-state index contributed by atoms with van der Waals surface area (Å²) in [5, 5.41) is 14.8. The van der Waals surface area contributed by atoms with Gasteiger partial charge in [-0.2, -0.15) is 0 Å². The average molecular weight is 456 g/mol. The topological polar surface area (TPSA) is 101 Å². The third-order valence-corrected chi connectivity index (χ3v) is 6.43. The molecule has 0 radical (unpaired) electrons. The summed E-state index contributed by atoms with van der Waals surface area (Å²) in [6.45, 7) is 7.28. The standard InChI is InChI=1S/C22H25N5O4S/c1-2-31-18-6-3-16(4-7-18)21(28)23-9-10-25-11-13-26(14-12-25)22-24-19-8-5-17(27(29)30)15-20(19)32-22/h3-8,15H,2,9-14H2,1H3,(H,23,28). The number of rotatable bonds is 8. The lowest BCUT2D eigenvalue weighted by Gasteiger charge is -2.34. The second kappa shape index (κ2) is 9.92. The number of nitro groups is 1. The molecule has 1 saturated heterocycles. The number of carbonyl (C=O) groups excluding carboxylic acids is 1. The predicted molar refractivity (Wildman–Crippen MR) is 125 cm³/mol. The molecule has 1 amide bonds. The third-order valence-electron chi connectivity index (χ3n) is 5.36. The van der Waals surface area contributed by atoms with Gasteiger partial charge in [0.1, 0.15) is 5.75 Å². The Kier molecular flexibility index (Phi) is 6.81. The smallest absolute Gasteiger partial charge is 0.270 e. The van der Waals surface area contributed by atoms with Crippen molar-refractivity contribution in [2.75, 3.05) is 50.8 Å². The molecule has 1 N–H and O–H groups in total. The molecule has 4 rings (SSSR count). The van der Waals surface area contributed by atoms with E-state index in [1.807, 2.05) is 6.92 Å². The number of nitro benzene ring substituents is 1. The van der Waals surface area contributed by atoms with E-state index < -0.39 is 0 Å². The van der Waals surface area contributed by atoms with E-state index in [9.17, 15) is 14.9 Å². The van der Waals surface area contributed by atoms with Gasteiger partial charge in [-0.1, -0.05) is 11.3 Å². The normalized spacial score (nSPS) is 14.5. The van der Waals surface area contributed by atoms with Crippen molar-refractivity contribution in [3.8, 4) is 5.75 Å². The van der Waals surface area contributed by atoms with Gasteiger partial charge in [0.25, 0.3) is 11.6 Å². The first-order chi connectivity index (χ1) is 15.5. The zero-order chi connectivity index (χ0) is 22.5. The van der Waals surface area contributed by atoms with Crippen LogP contribution >= 0.6 is 11.3 Å². The highest BCUT2D eigenvalue weighted by Gasteiger charge is 2.20. The van der Waals surface area contributed by atoms with Crippen LogP contribution in [0.2, 0.25) is 0 Å². The Labute approximate surface area is 189 Å². The minimum atomic E-state index is -0.383. The number of thiazole rings is 1. The van der Waals surface area contributed by atoms with Crippen LogP contribution in [0.3, 0.4) is 0 Å². The van der Waals surface area contributed by atoms with Crippen LogP contribution in [-0.4, -0.2) is 66.6 Å². The number of hydrogen-bond donors (Lipinski definition) is 1. The van der Waals surface area contributed by atoms with Crippen molar-refractivity contribution in [2.24, 2.45) is 0 Å². The fourth-order valence-electron chi connectivity index (χ4n) is 3.61. The Morgan fingerprint density at radius 3 is 2.62 bits per heavy atom. The van der Waals surface area contributed by atoms with Crippen LogP contribution in [0.25, 0.3) is 10.2 Å². The molecule has 0 atom stereocenters. The third kappa shape index (κ3) is 5.14. The number of carbonyl (C=O) groups is 1. The fraction of sp³-hybridized carbons (Fsp3) is 0.364. The number of piperazine rings is 1. The molecular formula is C22H25N5O4S. The average Bonchev–Trinajstić information content (AvgIpc) is 3.23. The highest BCUT2D eigenvalue weighted by atomic mass is 32.1. The van der Waals surface area contributed by atoms with Gasteiger partial charge in [-0.25, -0.2) is 4.98 Å². The van der Waals surface area contributed by atoms with E-state index in [4.69, 9.17) is 4.74 Å². The molecular weight excluding hydrogens is 430 g/mol. The van der Waals surface area contributed by atoms with Gasteiger partial charge >= 0.3 is 0 Å². The van der Waals surface area contributed by atoms with E-state index in [0.29, 0.717) is 18.7 Å². The molecule has 3 aromatic rings. The maximum Gasteiger partial charge on any atom is 0.270 e. The minimum Gasteiger partial charge on any atom is -0.494 e. The number of anilines is 1. The summed E-state index contributed by atoms with van der Waals surface area (Å²) in [4.78, 5) is 32.1. The lowest BCUT2D eigenvalue weighted by atomic mass is 10.2. The number of hydrogen-bond acceptors (Lipinski definition) is 8. The Morgan fingerprint density at radius 1 is 1.19 bits per heavy atom. The number of benzene rings is 2. The Bertz CT molecular complexity index is 1090. The van der Waals surface area contributed by atoms with Gasteiger partial charge in [-0.05, 0) is 37.3 Å². The first kappa shape index (κ1) is 22.0. The van der Waals surface area contributed by atoms with E-state index >= 15 is 0 Å². The number of ether oxygens (including phenoxy) is 1. The molecule has 0 unspecified atom stereocenters. The molecule has 1 aliphatic rings. The summed E-state index contributed by atoms with van der Waals surface area (Å²) >= 11 is 1.49. The zero-order valence-electron chi connectivity index (χ0n) is 17.8. The van der Waals surface area contributed by atoms with Crippen LogP contribution in [0.1, 0.15) is 17.3 Å². The number of nitrogens with zero attached hydrogens (tertiary/aromatic N) is 4. The van der Waals surface area contributed by atoms with Crippen molar-refractivity contribution in [2.45, 2.75) is 6.92 Å². The van der Waals surface area contributed by atoms with Crippen molar-refractivity contribution in [3.05, 3.63) is 58.1 Å². The summed E-state index contributed by atoms with van der Waals surface area (Å²) in [5.41, 5.74) is 1.49. The van der Waals surface area contributed by atoms with Crippen molar-refractivity contribution in [3.63, 3.8) is 0 Å². The summed E-state index contributed by atoms with van der Waals surface area (Å²) in [7, 11) is 0. The highest BCUT2D eigenvalue weighted by Crippen LogP contribution is 2.31. The van der Waals surface area contributed by atoms with Crippen LogP contribution in [-0.2, 0) is 0 Å². The lowest BCUT2D eigenvalue weighted by Crippen LogP contribution is -2.48.